The maximum atomic E-state index is 13.4. The number of hydrogen-bond acceptors (Lipinski definition) is 6. The molecule has 2 aliphatic heterocycles. The Hall–Kier alpha value is -3.78. The average molecular weight is 511 g/mol. The van der Waals surface area contributed by atoms with Crippen LogP contribution in [0.25, 0.3) is 17.0 Å². The third-order valence-corrected chi connectivity index (χ3v) is 8.06. The third kappa shape index (κ3) is 4.53. The Morgan fingerprint density at radius 2 is 1.84 bits per heavy atom. The fraction of sp³-hybridized carbons (Fsp3) is 0.400. The SMILES string of the molecule is COc1cccc(C(=O)N2CCC3CCC(C2)N3Cc2c(-c3ccc(C(C)C)cc3)nc3ncccn23)n1. The lowest BCUT2D eigenvalue weighted by Gasteiger charge is -2.29. The molecule has 3 aromatic heterocycles. The van der Waals surface area contributed by atoms with Crippen molar-refractivity contribution in [3.63, 3.8) is 0 Å². The molecule has 2 unspecified atom stereocenters. The molecule has 0 spiro atoms. The Morgan fingerprint density at radius 3 is 2.63 bits per heavy atom. The van der Waals surface area contributed by atoms with Crippen LogP contribution < -0.4 is 4.74 Å². The van der Waals surface area contributed by atoms with E-state index in [9.17, 15) is 4.79 Å². The van der Waals surface area contributed by atoms with Gasteiger partial charge in [0, 0.05) is 55.7 Å². The molecule has 0 radical (unpaired) electrons. The van der Waals surface area contributed by atoms with Gasteiger partial charge in [0.05, 0.1) is 18.5 Å². The summed E-state index contributed by atoms with van der Waals surface area (Å²) in [6.07, 6.45) is 7.02. The molecule has 6 rings (SSSR count). The normalized spacial score (nSPS) is 19.7. The number of hydrogen-bond donors (Lipinski definition) is 0. The zero-order valence-corrected chi connectivity index (χ0v) is 22.2. The van der Waals surface area contributed by atoms with E-state index in [0.29, 0.717) is 35.9 Å². The van der Waals surface area contributed by atoms with Gasteiger partial charge in [0.15, 0.2) is 0 Å². The number of aromatic nitrogens is 4. The summed E-state index contributed by atoms with van der Waals surface area (Å²) in [5, 5.41) is 0. The van der Waals surface area contributed by atoms with Crippen molar-refractivity contribution in [2.24, 2.45) is 0 Å². The minimum atomic E-state index is -0.0265. The molecule has 1 amide bonds. The molecule has 0 aliphatic carbocycles. The van der Waals surface area contributed by atoms with Crippen molar-refractivity contribution in [1.82, 2.24) is 29.2 Å². The monoisotopic (exact) mass is 510 g/mol. The molecule has 8 nitrogen and oxygen atoms in total. The number of pyridine rings is 1. The summed E-state index contributed by atoms with van der Waals surface area (Å²) in [5.74, 6) is 1.63. The highest BCUT2D eigenvalue weighted by Crippen LogP contribution is 2.35. The number of fused-ring (bicyclic) bond motifs is 3. The molecule has 2 atom stereocenters. The second-order valence-electron chi connectivity index (χ2n) is 10.6. The number of amides is 1. The number of benzene rings is 1. The van der Waals surface area contributed by atoms with E-state index in [1.54, 1.807) is 25.4 Å². The van der Waals surface area contributed by atoms with Crippen LogP contribution in [-0.2, 0) is 6.54 Å². The molecular weight excluding hydrogens is 476 g/mol. The van der Waals surface area contributed by atoms with E-state index < -0.39 is 0 Å². The van der Waals surface area contributed by atoms with E-state index in [0.717, 1.165) is 49.3 Å². The van der Waals surface area contributed by atoms with Gasteiger partial charge in [0.2, 0.25) is 11.7 Å². The number of rotatable bonds is 6. The number of carbonyl (C=O) groups excluding carboxylic acids is 1. The molecule has 4 aromatic rings. The van der Waals surface area contributed by atoms with E-state index in [1.807, 2.05) is 17.0 Å². The Morgan fingerprint density at radius 1 is 1.03 bits per heavy atom. The molecule has 38 heavy (non-hydrogen) atoms. The number of carbonyl (C=O) groups is 1. The predicted molar refractivity (Wildman–Crippen MR) is 146 cm³/mol. The fourth-order valence-corrected chi connectivity index (χ4v) is 5.94. The van der Waals surface area contributed by atoms with Crippen LogP contribution in [0.3, 0.4) is 0 Å². The van der Waals surface area contributed by atoms with Crippen molar-refractivity contribution in [2.75, 3.05) is 20.2 Å². The van der Waals surface area contributed by atoms with E-state index in [2.05, 4.69) is 63.6 Å². The van der Waals surface area contributed by atoms with Gasteiger partial charge in [-0.15, -0.1) is 0 Å². The Kier molecular flexibility index (Phi) is 6.57. The van der Waals surface area contributed by atoms with Crippen molar-refractivity contribution in [1.29, 1.82) is 0 Å². The summed E-state index contributed by atoms with van der Waals surface area (Å²) in [6.45, 7) is 6.61. The van der Waals surface area contributed by atoms with Gasteiger partial charge in [0.1, 0.15) is 5.69 Å². The van der Waals surface area contributed by atoms with Crippen LogP contribution in [0.2, 0.25) is 0 Å². The van der Waals surface area contributed by atoms with Gasteiger partial charge in [-0.2, -0.15) is 0 Å². The van der Waals surface area contributed by atoms with Gasteiger partial charge in [-0.25, -0.2) is 15.0 Å². The number of likely N-dealkylation sites (tertiary alicyclic amines) is 1. The first-order chi connectivity index (χ1) is 18.5. The molecule has 0 N–H and O–H groups in total. The minimum Gasteiger partial charge on any atom is -0.481 e. The number of nitrogens with zero attached hydrogens (tertiary/aromatic N) is 6. The van der Waals surface area contributed by atoms with Crippen LogP contribution in [0.4, 0.5) is 0 Å². The van der Waals surface area contributed by atoms with Crippen LogP contribution in [0, 0.1) is 0 Å². The molecule has 2 bridgehead atoms. The minimum absolute atomic E-state index is 0.0265. The lowest BCUT2D eigenvalue weighted by molar-refractivity contribution is 0.0728. The standard InChI is InChI=1S/C30H34N6O2/c1-20(2)21-8-10-22(11-9-21)28-26(35-16-5-15-31-30(35)33-28)19-36-23-12-13-24(36)18-34(17-14-23)29(37)25-6-4-7-27(32-25)38-3/h4-11,15-16,20,23-24H,12-14,17-19H2,1-3H3. The molecule has 2 fully saturated rings. The summed E-state index contributed by atoms with van der Waals surface area (Å²) >= 11 is 0. The predicted octanol–water partition coefficient (Wildman–Crippen LogP) is 4.80. The number of methoxy groups -OCH3 is 1. The summed E-state index contributed by atoms with van der Waals surface area (Å²) < 4.78 is 7.36. The molecule has 196 valence electrons. The third-order valence-electron chi connectivity index (χ3n) is 8.06. The smallest absolute Gasteiger partial charge is 0.272 e. The van der Waals surface area contributed by atoms with Crippen molar-refractivity contribution in [3.8, 4) is 17.1 Å². The quantitative estimate of drug-likeness (QED) is 0.371. The maximum Gasteiger partial charge on any atom is 0.272 e. The summed E-state index contributed by atoms with van der Waals surface area (Å²) in [7, 11) is 1.57. The van der Waals surface area contributed by atoms with Crippen molar-refractivity contribution >= 4 is 11.7 Å². The van der Waals surface area contributed by atoms with Gasteiger partial charge in [-0.05, 0) is 42.9 Å². The Bertz CT molecular complexity index is 1450. The van der Waals surface area contributed by atoms with E-state index in [4.69, 9.17) is 9.72 Å². The first-order valence-electron chi connectivity index (χ1n) is 13.5. The first-order valence-corrected chi connectivity index (χ1v) is 13.5. The molecule has 2 saturated heterocycles. The van der Waals surface area contributed by atoms with E-state index in [-0.39, 0.29) is 11.9 Å². The van der Waals surface area contributed by atoms with Gasteiger partial charge in [0.25, 0.3) is 5.91 Å². The second kappa shape index (κ2) is 10.2. The fourth-order valence-electron chi connectivity index (χ4n) is 5.94. The van der Waals surface area contributed by atoms with Gasteiger partial charge in [-0.1, -0.05) is 44.2 Å². The van der Waals surface area contributed by atoms with Crippen molar-refractivity contribution < 1.29 is 9.53 Å². The highest BCUT2D eigenvalue weighted by atomic mass is 16.5. The van der Waals surface area contributed by atoms with Gasteiger partial charge >= 0.3 is 0 Å². The topological polar surface area (TPSA) is 75.9 Å². The van der Waals surface area contributed by atoms with Gasteiger partial charge < -0.3 is 9.64 Å². The van der Waals surface area contributed by atoms with E-state index in [1.165, 1.54) is 5.56 Å². The highest BCUT2D eigenvalue weighted by molar-refractivity contribution is 5.92. The molecule has 0 saturated carbocycles. The average Bonchev–Trinajstić information content (AvgIpc) is 3.44. The first kappa shape index (κ1) is 24.6. The summed E-state index contributed by atoms with van der Waals surface area (Å²) in [5.41, 5.74) is 5.00. The lowest BCUT2D eigenvalue weighted by Crippen LogP contribution is -2.41. The molecule has 1 aromatic carbocycles. The van der Waals surface area contributed by atoms with Crippen LogP contribution in [0.1, 0.15) is 60.8 Å². The van der Waals surface area contributed by atoms with Gasteiger partial charge in [-0.3, -0.25) is 14.1 Å². The zero-order valence-electron chi connectivity index (χ0n) is 22.2. The van der Waals surface area contributed by atoms with Crippen LogP contribution in [0.5, 0.6) is 5.88 Å². The molecule has 8 heteroatoms. The Balaban J connectivity index is 1.29. The summed E-state index contributed by atoms with van der Waals surface area (Å²) in [4.78, 5) is 31.8. The van der Waals surface area contributed by atoms with Crippen molar-refractivity contribution in [2.45, 2.75) is 57.7 Å². The molecule has 2 aliphatic rings. The molecule has 5 heterocycles. The largest absolute Gasteiger partial charge is 0.481 e. The second-order valence-corrected chi connectivity index (χ2v) is 10.6. The Labute approximate surface area is 223 Å². The maximum absolute atomic E-state index is 13.4. The zero-order chi connectivity index (χ0) is 26.2. The van der Waals surface area contributed by atoms with E-state index >= 15 is 0 Å². The summed E-state index contributed by atoms with van der Waals surface area (Å²) in [6, 6.07) is 16.8. The highest BCUT2D eigenvalue weighted by Gasteiger charge is 2.39. The van der Waals surface area contributed by atoms with Crippen LogP contribution >= 0.6 is 0 Å². The van der Waals surface area contributed by atoms with Crippen LogP contribution in [-0.4, -0.2) is 67.3 Å². The number of imidazole rings is 1. The molecular formula is C30H34N6O2. The van der Waals surface area contributed by atoms with Crippen molar-refractivity contribution in [3.05, 3.63) is 77.9 Å². The number of ether oxygens (including phenoxy) is 1. The lowest BCUT2D eigenvalue weighted by atomic mass is 10.0. The van der Waals surface area contributed by atoms with Crippen LogP contribution in [0.15, 0.2) is 60.9 Å².